The molecule has 1 saturated heterocycles. The number of carbonyl (C=O) groups is 4. The highest BCUT2D eigenvalue weighted by atomic mass is 79.9. The van der Waals surface area contributed by atoms with Crippen LogP contribution in [0, 0.1) is 11.8 Å². The lowest BCUT2D eigenvalue weighted by atomic mass is 9.94. The molecule has 3 N–H and O–H groups in total. The van der Waals surface area contributed by atoms with Gasteiger partial charge in [0.15, 0.2) is 0 Å². The van der Waals surface area contributed by atoms with E-state index in [1.165, 1.54) is 6.26 Å². The third-order valence-electron chi connectivity index (χ3n) is 7.61. The summed E-state index contributed by atoms with van der Waals surface area (Å²) in [5, 5.41) is 17.3. The lowest BCUT2D eigenvalue weighted by Gasteiger charge is -2.31. The molecule has 2 unspecified atom stereocenters. The highest BCUT2D eigenvalue weighted by Gasteiger charge is 2.34. The van der Waals surface area contributed by atoms with Crippen LogP contribution in [0.25, 0.3) is 0 Å². The smallest absolute Gasteiger partial charge is 0.313 e. The van der Waals surface area contributed by atoms with Gasteiger partial charge in [-0.2, -0.15) is 0 Å². The minimum atomic E-state index is -0.895. The fourth-order valence-corrected chi connectivity index (χ4v) is 4.78. The molecule has 10 nitrogen and oxygen atoms in total. The zero-order chi connectivity index (χ0) is 32.4. The number of hydrogen-bond acceptors (Lipinski definition) is 8. The number of carbonyl (C=O) groups excluding carboxylic acids is 4. The molecule has 3 rings (SSSR count). The van der Waals surface area contributed by atoms with Crippen molar-refractivity contribution in [2.45, 2.75) is 84.9 Å². The topological polar surface area (TPSA) is 134 Å². The molecular formula is C34H48BrN3O7. The van der Waals surface area contributed by atoms with E-state index in [2.05, 4.69) is 10.6 Å². The summed E-state index contributed by atoms with van der Waals surface area (Å²) in [6.07, 6.45) is 5.57. The van der Waals surface area contributed by atoms with Crippen molar-refractivity contribution in [2.75, 3.05) is 19.6 Å². The molecule has 1 aromatic rings. The van der Waals surface area contributed by atoms with E-state index in [-0.39, 0.29) is 65.8 Å². The maximum absolute atomic E-state index is 13.1. The summed E-state index contributed by atoms with van der Waals surface area (Å²) in [7, 11) is 0. The Bertz CT molecular complexity index is 1290. The van der Waals surface area contributed by atoms with E-state index < -0.39 is 29.6 Å². The van der Waals surface area contributed by atoms with Crippen molar-refractivity contribution in [1.29, 1.82) is 0 Å². The number of aliphatic hydroxyl groups excluding tert-OH is 1. The SMILES string of the molecule is Br.CC(C)C(=O)O/C=C1/CC(C(O)CNC(C)(C)CNC(=O)C2CCCN2C(=O)Cc2ccccc2)=CC=C1OC(=O)C(C)C. The van der Waals surface area contributed by atoms with Crippen LogP contribution >= 0.6 is 17.0 Å². The Hall–Kier alpha value is -3.28. The summed E-state index contributed by atoms with van der Waals surface area (Å²) >= 11 is 0. The Balaban J connectivity index is 0.00000705. The Kier molecular flexibility index (Phi) is 14.7. The monoisotopic (exact) mass is 689 g/mol. The van der Waals surface area contributed by atoms with Gasteiger partial charge in [0.05, 0.1) is 24.4 Å². The number of rotatable bonds is 13. The third kappa shape index (κ3) is 11.5. The van der Waals surface area contributed by atoms with Crippen LogP contribution in [0.3, 0.4) is 0 Å². The normalized spacial score (nSPS) is 18.2. The number of likely N-dealkylation sites (tertiary alicyclic amines) is 1. The van der Waals surface area contributed by atoms with Gasteiger partial charge in [-0.3, -0.25) is 19.2 Å². The number of aliphatic hydroxyl groups is 1. The lowest BCUT2D eigenvalue weighted by Crippen LogP contribution is -2.54. The Morgan fingerprint density at radius 2 is 1.71 bits per heavy atom. The number of nitrogens with zero attached hydrogens (tertiary/aromatic N) is 1. The van der Waals surface area contributed by atoms with E-state index in [0.29, 0.717) is 30.7 Å². The number of benzene rings is 1. The van der Waals surface area contributed by atoms with Gasteiger partial charge >= 0.3 is 11.9 Å². The van der Waals surface area contributed by atoms with Gasteiger partial charge in [0.25, 0.3) is 0 Å². The van der Waals surface area contributed by atoms with Crippen LogP contribution in [0.4, 0.5) is 0 Å². The van der Waals surface area contributed by atoms with Gasteiger partial charge in [0.1, 0.15) is 18.1 Å². The minimum absolute atomic E-state index is 0. The largest absolute Gasteiger partial charge is 0.434 e. The standard InChI is InChI=1S/C34H47N3O7.BrH/c1-22(2)32(41)43-20-26-18-25(14-15-29(26)44-33(42)23(3)4)28(38)19-36-34(5,6)21-35-31(40)27-13-10-16-37(27)30(39)17-24-11-8-7-9-12-24;/h7-9,11-12,14-15,20,22-23,27-28,36,38H,10,13,16-19,21H2,1-6H3,(H,35,40);1H/b26-20-;. The first kappa shape index (κ1) is 37.9. The van der Waals surface area contributed by atoms with Crippen molar-refractivity contribution in [3.63, 3.8) is 0 Å². The molecule has 0 aromatic heterocycles. The summed E-state index contributed by atoms with van der Waals surface area (Å²) in [5.74, 6) is -1.48. The molecule has 1 aliphatic heterocycles. The average Bonchev–Trinajstić information content (AvgIpc) is 3.49. The van der Waals surface area contributed by atoms with Crippen molar-refractivity contribution >= 4 is 40.7 Å². The second kappa shape index (κ2) is 17.4. The fourth-order valence-electron chi connectivity index (χ4n) is 4.78. The number of hydrogen-bond donors (Lipinski definition) is 3. The molecule has 1 aliphatic carbocycles. The molecule has 0 spiro atoms. The summed E-state index contributed by atoms with van der Waals surface area (Å²) in [4.78, 5) is 52.0. The molecule has 0 radical (unpaired) electrons. The molecule has 0 bridgehead atoms. The van der Waals surface area contributed by atoms with E-state index in [1.54, 1.807) is 44.7 Å². The molecule has 248 valence electrons. The highest BCUT2D eigenvalue weighted by Crippen LogP contribution is 2.28. The molecule has 0 saturated carbocycles. The second-order valence-electron chi connectivity index (χ2n) is 12.7. The Morgan fingerprint density at radius 3 is 2.36 bits per heavy atom. The molecule has 2 aliphatic rings. The second-order valence-corrected chi connectivity index (χ2v) is 12.7. The van der Waals surface area contributed by atoms with Gasteiger partial charge in [0, 0.05) is 37.2 Å². The van der Waals surface area contributed by atoms with Crippen molar-refractivity contribution in [3.8, 4) is 0 Å². The van der Waals surface area contributed by atoms with Gasteiger partial charge in [-0.1, -0.05) is 64.1 Å². The zero-order valence-corrected chi connectivity index (χ0v) is 28.8. The van der Waals surface area contributed by atoms with Crippen LogP contribution < -0.4 is 10.6 Å². The van der Waals surface area contributed by atoms with E-state index >= 15 is 0 Å². The molecule has 2 atom stereocenters. The summed E-state index contributed by atoms with van der Waals surface area (Å²) in [6.45, 7) is 11.8. The van der Waals surface area contributed by atoms with Crippen molar-refractivity contribution < 1.29 is 33.8 Å². The van der Waals surface area contributed by atoms with E-state index in [4.69, 9.17) is 9.47 Å². The lowest BCUT2D eigenvalue weighted by molar-refractivity contribution is -0.142. The van der Waals surface area contributed by atoms with Gasteiger partial charge in [-0.15, -0.1) is 17.0 Å². The van der Waals surface area contributed by atoms with Gasteiger partial charge in [-0.25, -0.2) is 0 Å². The molecule has 1 fully saturated rings. The van der Waals surface area contributed by atoms with Crippen LogP contribution in [0.5, 0.6) is 0 Å². The van der Waals surface area contributed by atoms with Crippen molar-refractivity contribution in [3.05, 3.63) is 71.2 Å². The predicted molar refractivity (Wildman–Crippen MR) is 177 cm³/mol. The van der Waals surface area contributed by atoms with Crippen LogP contribution in [0.15, 0.2) is 65.7 Å². The first-order valence-electron chi connectivity index (χ1n) is 15.3. The summed E-state index contributed by atoms with van der Waals surface area (Å²) < 4.78 is 10.8. The molecule has 1 heterocycles. The highest BCUT2D eigenvalue weighted by molar-refractivity contribution is 8.93. The molecule has 11 heteroatoms. The van der Waals surface area contributed by atoms with E-state index in [1.807, 2.05) is 44.2 Å². The van der Waals surface area contributed by atoms with Crippen LogP contribution in [0.2, 0.25) is 0 Å². The number of ether oxygens (including phenoxy) is 2. The third-order valence-corrected chi connectivity index (χ3v) is 7.61. The average molecular weight is 691 g/mol. The molecule has 45 heavy (non-hydrogen) atoms. The Morgan fingerprint density at radius 1 is 1.04 bits per heavy atom. The van der Waals surface area contributed by atoms with Crippen LogP contribution in [0.1, 0.15) is 66.4 Å². The fraction of sp³-hybridized carbons (Fsp3) is 0.529. The number of nitrogens with one attached hydrogen (secondary N) is 2. The van der Waals surface area contributed by atoms with E-state index in [9.17, 15) is 24.3 Å². The molecule has 2 amide bonds. The minimum Gasteiger partial charge on any atom is -0.434 e. The van der Waals surface area contributed by atoms with E-state index in [0.717, 1.165) is 12.0 Å². The van der Waals surface area contributed by atoms with Crippen LogP contribution in [-0.4, -0.2) is 71.1 Å². The maximum Gasteiger partial charge on any atom is 0.313 e. The summed E-state index contributed by atoms with van der Waals surface area (Å²) in [5.41, 5.74) is 1.47. The number of halogens is 1. The molecular weight excluding hydrogens is 642 g/mol. The quantitative estimate of drug-likeness (QED) is 0.208. The van der Waals surface area contributed by atoms with Gasteiger partial charge < -0.3 is 30.1 Å². The number of amides is 2. The van der Waals surface area contributed by atoms with Crippen LogP contribution in [-0.2, 0) is 35.1 Å². The first-order valence-corrected chi connectivity index (χ1v) is 15.3. The Labute approximate surface area is 277 Å². The molecule has 1 aromatic carbocycles. The van der Waals surface area contributed by atoms with Crippen molar-refractivity contribution in [1.82, 2.24) is 15.5 Å². The number of β-amino-alcohol motifs (C(OH)–C–C–N with tert-alkyl or cyclic N) is 1. The number of allylic oxidation sites excluding steroid dienone is 3. The summed E-state index contributed by atoms with van der Waals surface area (Å²) in [6, 6.07) is 9.01. The zero-order valence-electron chi connectivity index (χ0n) is 27.1. The predicted octanol–water partition coefficient (Wildman–Crippen LogP) is 4.14. The van der Waals surface area contributed by atoms with Gasteiger partial charge in [-0.05, 0) is 43.9 Å². The first-order chi connectivity index (χ1) is 20.8. The van der Waals surface area contributed by atoms with Gasteiger partial charge in [0.2, 0.25) is 11.8 Å². The number of esters is 2. The van der Waals surface area contributed by atoms with Crippen molar-refractivity contribution in [2.24, 2.45) is 11.8 Å². The maximum atomic E-state index is 13.1.